The van der Waals surface area contributed by atoms with Gasteiger partial charge in [0.05, 0.1) is 24.7 Å². The first kappa shape index (κ1) is 23.0. The van der Waals surface area contributed by atoms with Gasteiger partial charge in [-0.25, -0.2) is 0 Å². The van der Waals surface area contributed by atoms with Gasteiger partial charge in [-0.05, 0) is 48.4 Å². The maximum Gasteiger partial charge on any atom is 0.304 e. The van der Waals surface area contributed by atoms with Crippen LogP contribution >= 0.6 is 0 Å². The average Bonchev–Trinajstić information content (AvgIpc) is 3.21. The minimum Gasteiger partial charge on any atom is -0.481 e. The van der Waals surface area contributed by atoms with Crippen molar-refractivity contribution in [3.8, 4) is 0 Å². The highest BCUT2D eigenvalue weighted by atomic mass is 16.4. The van der Waals surface area contributed by atoms with Crippen LogP contribution in [0, 0.1) is 6.92 Å². The molecule has 8 nitrogen and oxygen atoms in total. The van der Waals surface area contributed by atoms with Gasteiger partial charge in [-0.15, -0.1) is 0 Å². The first-order chi connectivity index (χ1) is 16.3. The zero-order chi connectivity index (χ0) is 24.2. The Morgan fingerprint density at radius 1 is 1.15 bits per heavy atom. The van der Waals surface area contributed by atoms with Crippen LogP contribution in [-0.4, -0.2) is 34.0 Å². The standard InChI is InChI=1S/C26H26N4O4/c1-16-6-4-5-7-21(16)28-26-29-22-10-8-18(13-23(22)34-26)14-24(31)30(3)19-9-11-20(27-15-19)17(2)12-25(32)33/h4-11,13,15,17H,12,14H2,1-3H3,(H,28,29)(H,32,33). The number of carboxylic acid groups (broad SMARTS) is 1. The molecule has 4 aromatic rings. The normalized spacial score (nSPS) is 11.9. The second kappa shape index (κ2) is 9.74. The molecule has 34 heavy (non-hydrogen) atoms. The van der Waals surface area contributed by atoms with Gasteiger partial charge in [-0.2, -0.15) is 4.98 Å². The van der Waals surface area contributed by atoms with Gasteiger partial charge in [-0.1, -0.05) is 31.2 Å². The van der Waals surface area contributed by atoms with Crippen LogP contribution in [0.25, 0.3) is 11.1 Å². The number of aryl methyl sites for hydroxylation is 1. The summed E-state index contributed by atoms with van der Waals surface area (Å²) in [5, 5.41) is 12.1. The molecule has 2 heterocycles. The summed E-state index contributed by atoms with van der Waals surface area (Å²) in [4.78, 5) is 34.1. The van der Waals surface area contributed by atoms with Crippen LogP contribution in [0.5, 0.6) is 0 Å². The van der Waals surface area contributed by atoms with E-state index < -0.39 is 5.97 Å². The number of nitrogens with zero attached hydrogens (tertiary/aromatic N) is 3. The molecule has 0 bridgehead atoms. The summed E-state index contributed by atoms with van der Waals surface area (Å²) in [6.07, 6.45) is 1.78. The number of carbonyl (C=O) groups is 2. The zero-order valence-electron chi connectivity index (χ0n) is 19.3. The van der Waals surface area contributed by atoms with Crippen molar-refractivity contribution in [2.45, 2.75) is 32.6 Å². The molecule has 0 aliphatic carbocycles. The number of carbonyl (C=O) groups excluding carboxylic acids is 1. The van der Waals surface area contributed by atoms with Crippen molar-refractivity contribution < 1.29 is 19.1 Å². The van der Waals surface area contributed by atoms with E-state index in [9.17, 15) is 9.59 Å². The first-order valence-corrected chi connectivity index (χ1v) is 11.0. The second-order valence-electron chi connectivity index (χ2n) is 8.33. The molecule has 0 fully saturated rings. The molecule has 0 saturated heterocycles. The maximum absolute atomic E-state index is 12.9. The second-order valence-corrected chi connectivity index (χ2v) is 8.33. The van der Waals surface area contributed by atoms with E-state index in [2.05, 4.69) is 15.3 Å². The number of oxazole rings is 1. The molecule has 2 N–H and O–H groups in total. The number of anilines is 3. The molecule has 0 spiro atoms. The summed E-state index contributed by atoms with van der Waals surface area (Å²) in [5.41, 5.74) is 5.43. The lowest BCUT2D eigenvalue weighted by molar-refractivity contribution is -0.137. The number of hydrogen-bond acceptors (Lipinski definition) is 6. The molecule has 8 heteroatoms. The smallest absolute Gasteiger partial charge is 0.304 e. The fourth-order valence-electron chi connectivity index (χ4n) is 3.65. The summed E-state index contributed by atoms with van der Waals surface area (Å²) in [7, 11) is 1.69. The third kappa shape index (κ3) is 5.23. The van der Waals surface area contributed by atoms with Crippen LogP contribution in [0.4, 0.5) is 17.4 Å². The lowest BCUT2D eigenvalue weighted by Gasteiger charge is -2.18. The molecule has 1 amide bonds. The SMILES string of the molecule is Cc1ccccc1Nc1nc2ccc(CC(=O)N(C)c3ccc(C(C)CC(=O)O)nc3)cc2o1. The fourth-order valence-corrected chi connectivity index (χ4v) is 3.65. The van der Waals surface area contributed by atoms with Crippen molar-refractivity contribution >= 4 is 40.4 Å². The van der Waals surface area contributed by atoms with Gasteiger partial charge in [0.2, 0.25) is 5.91 Å². The van der Waals surface area contributed by atoms with Crippen molar-refractivity contribution in [1.82, 2.24) is 9.97 Å². The Kier molecular flexibility index (Phi) is 6.58. The average molecular weight is 459 g/mol. The molecule has 0 aliphatic heterocycles. The van der Waals surface area contributed by atoms with E-state index in [4.69, 9.17) is 9.52 Å². The summed E-state index contributed by atoms with van der Waals surface area (Å²) >= 11 is 0. The van der Waals surface area contributed by atoms with E-state index in [1.165, 1.54) is 4.90 Å². The van der Waals surface area contributed by atoms with E-state index >= 15 is 0 Å². The zero-order valence-corrected chi connectivity index (χ0v) is 19.3. The van der Waals surface area contributed by atoms with Crippen LogP contribution in [0.3, 0.4) is 0 Å². The van der Waals surface area contributed by atoms with Gasteiger partial charge < -0.3 is 19.7 Å². The number of pyridine rings is 1. The predicted octanol–water partition coefficient (Wildman–Crippen LogP) is 5.06. The molecule has 0 saturated carbocycles. The van der Waals surface area contributed by atoms with E-state index in [1.54, 1.807) is 25.4 Å². The first-order valence-electron chi connectivity index (χ1n) is 11.0. The molecule has 174 valence electrons. The molecule has 2 aromatic heterocycles. The van der Waals surface area contributed by atoms with E-state index in [-0.39, 0.29) is 24.7 Å². The van der Waals surface area contributed by atoms with Crippen molar-refractivity contribution in [3.05, 3.63) is 77.6 Å². The van der Waals surface area contributed by atoms with Crippen LogP contribution in [-0.2, 0) is 16.0 Å². The van der Waals surface area contributed by atoms with Crippen LogP contribution in [0.1, 0.15) is 36.1 Å². The topological polar surface area (TPSA) is 109 Å². The fraction of sp³-hybridized carbons (Fsp3) is 0.231. The Morgan fingerprint density at radius 3 is 2.65 bits per heavy atom. The van der Waals surface area contributed by atoms with E-state index in [0.29, 0.717) is 28.5 Å². The van der Waals surface area contributed by atoms with Gasteiger partial charge >= 0.3 is 5.97 Å². The highest BCUT2D eigenvalue weighted by molar-refractivity contribution is 5.94. The molecule has 4 rings (SSSR count). The number of nitrogens with one attached hydrogen (secondary N) is 1. The Bertz CT molecular complexity index is 1330. The largest absolute Gasteiger partial charge is 0.481 e. The van der Waals surface area contributed by atoms with Gasteiger partial charge in [0.1, 0.15) is 5.52 Å². The van der Waals surface area contributed by atoms with Gasteiger partial charge in [-0.3, -0.25) is 14.6 Å². The van der Waals surface area contributed by atoms with Crippen molar-refractivity contribution in [1.29, 1.82) is 0 Å². The van der Waals surface area contributed by atoms with Crippen LogP contribution in [0.15, 0.2) is 65.2 Å². The van der Waals surface area contributed by atoms with E-state index in [1.807, 2.05) is 56.3 Å². The van der Waals surface area contributed by atoms with Crippen molar-refractivity contribution in [3.63, 3.8) is 0 Å². The number of benzene rings is 2. The minimum absolute atomic E-state index is 0.00736. The van der Waals surface area contributed by atoms with Crippen molar-refractivity contribution in [2.24, 2.45) is 0 Å². The van der Waals surface area contributed by atoms with Crippen LogP contribution < -0.4 is 10.2 Å². The molecular formula is C26H26N4O4. The number of aliphatic carboxylic acids is 1. The summed E-state index contributed by atoms with van der Waals surface area (Å²) in [6, 6.07) is 17.3. The Hall–Kier alpha value is -4.20. The number of para-hydroxylation sites is 1. The van der Waals surface area contributed by atoms with Gasteiger partial charge in [0, 0.05) is 24.3 Å². The number of amides is 1. The highest BCUT2D eigenvalue weighted by Crippen LogP contribution is 2.25. The number of likely N-dealkylation sites (N-methyl/N-ethyl adjacent to an activating group) is 1. The number of carboxylic acids is 1. The number of hydrogen-bond donors (Lipinski definition) is 2. The molecule has 0 aliphatic rings. The lowest BCUT2D eigenvalue weighted by Crippen LogP contribution is -2.28. The monoisotopic (exact) mass is 458 g/mol. The number of aromatic nitrogens is 2. The predicted molar refractivity (Wildman–Crippen MR) is 130 cm³/mol. The maximum atomic E-state index is 12.9. The van der Waals surface area contributed by atoms with E-state index in [0.717, 1.165) is 16.8 Å². The number of rotatable bonds is 8. The minimum atomic E-state index is -0.868. The third-order valence-electron chi connectivity index (χ3n) is 5.71. The third-order valence-corrected chi connectivity index (χ3v) is 5.71. The summed E-state index contributed by atoms with van der Waals surface area (Å²) in [6.45, 7) is 3.82. The summed E-state index contributed by atoms with van der Waals surface area (Å²) < 4.78 is 5.86. The lowest BCUT2D eigenvalue weighted by atomic mass is 10.0. The molecule has 2 aromatic carbocycles. The Labute approximate surface area is 197 Å². The van der Waals surface area contributed by atoms with Gasteiger partial charge in [0.15, 0.2) is 5.58 Å². The number of fused-ring (bicyclic) bond motifs is 1. The quantitative estimate of drug-likeness (QED) is 0.380. The van der Waals surface area contributed by atoms with Crippen molar-refractivity contribution in [2.75, 3.05) is 17.3 Å². The highest BCUT2D eigenvalue weighted by Gasteiger charge is 2.16. The Balaban J connectivity index is 1.44. The van der Waals surface area contributed by atoms with Crippen LogP contribution in [0.2, 0.25) is 0 Å². The molecule has 0 radical (unpaired) electrons. The molecule has 1 unspecified atom stereocenters. The molecular weight excluding hydrogens is 432 g/mol. The Morgan fingerprint density at radius 2 is 1.94 bits per heavy atom. The summed E-state index contributed by atoms with van der Waals surface area (Å²) in [5.74, 6) is -1.18. The van der Waals surface area contributed by atoms with Gasteiger partial charge in [0.25, 0.3) is 6.01 Å². The molecule has 1 atom stereocenters.